The molecule has 5 heteroatoms. The van der Waals surface area contributed by atoms with Gasteiger partial charge in [0, 0.05) is 0 Å². The van der Waals surface area contributed by atoms with Crippen LogP contribution < -0.4 is 11.1 Å². The topological polar surface area (TPSA) is 92.4 Å². The van der Waals surface area contributed by atoms with Crippen molar-refractivity contribution in [1.29, 1.82) is 0 Å². The lowest BCUT2D eigenvalue weighted by molar-refractivity contribution is -0.138. The SMILES string of the molecule is NC(CCCNCC=O)C(=O)O. The first-order valence-corrected chi connectivity index (χ1v) is 3.81. The van der Waals surface area contributed by atoms with Crippen molar-refractivity contribution in [2.24, 2.45) is 5.73 Å². The van der Waals surface area contributed by atoms with E-state index in [1.54, 1.807) is 0 Å². The molecule has 0 aromatic heterocycles. The molecule has 5 nitrogen and oxygen atoms in total. The van der Waals surface area contributed by atoms with Gasteiger partial charge in [0.2, 0.25) is 0 Å². The first kappa shape index (κ1) is 11.1. The number of carboxylic acid groups (broad SMARTS) is 1. The first-order valence-electron chi connectivity index (χ1n) is 3.81. The predicted octanol–water partition coefficient (Wildman–Crippen LogP) is -1.03. The van der Waals surface area contributed by atoms with Crippen molar-refractivity contribution in [2.75, 3.05) is 13.1 Å². The quantitative estimate of drug-likeness (QED) is 0.339. The van der Waals surface area contributed by atoms with Crippen LogP contribution in [0.1, 0.15) is 12.8 Å². The summed E-state index contributed by atoms with van der Waals surface area (Å²) in [6.45, 7) is 0.933. The van der Waals surface area contributed by atoms with Gasteiger partial charge in [-0.1, -0.05) is 0 Å². The Morgan fingerprint density at radius 3 is 2.83 bits per heavy atom. The van der Waals surface area contributed by atoms with E-state index in [4.69, 9.17) is 10.8 Å². The molecule has 0 rings (SSSR count). The van der Waals surface area contributed by atoms with Crippen LogP contribution in [0.3, 0.4) is 0 Å². The maximum atomic E-state index is 10.2. The van der Waals surface area contributed by atoms with E-state index in [9.17, 15) is 9.59 Å². The fourth-order valence-electron chi connectivity index (χ4n) is 0.731. The Morgan fingerprint density at radius 2 is 2.33 bits per heavy atom. The number of aldehydes is 1. The van der Waals surface area contributed by atoms with Gasteiger partial charge in [-0.2, -0.15) is 0 Å². The Bertz CT molecular complexity index is 150. The van der Waals surface area contributed by atoms with Gasteiger partial charge in [-0.15, -0.1) is 0 Å². The summed E-state index contributed by atoms with van der Waals surface area (Å²) in [5, 5.41) is 11.2. The maximum Gasteiger partial charge on any atom is 0.320 e. The molecule has 0 aliphatic heterocycles. The van der Waals surface area contributed by atoms with Crippen molar-refractivity contribution in [3.63, 3.8) is 0 Å². The summed E-state index contributed by atoms with van der Waals surface area (Å²) in [4.78, 5) is 20.0. The van der Waals surface area contributed by atoms with Crippen molar-refractivity contribution >= 4 is 12.3 Å². The second-order valence-corrected chi connectivity index (χ2v) is 2.46. The summed E-state index contributed by atoms with van der Waals surface area (Å²) in [6.07, 6.45) is 1.86. The Morgan fingerprint density at radius 1 is 1.67 bits per heavy atom. The number of aliphatic carboxylic acids is 1. The Balaban J connectivity index is 3.19. The predicted molar refractivity (Wildman–Crippen MR) is 43.8 cm³/mol. The highest BCUT2D eigenvalue weighted by Crippen LogP contribution is 1.92. The largest absolute Gasteiger partial charge is 0.480 e. The zero-order valence-corrected chi connectivity index (χ0v) is 6.82. The van der Waals surface area contributed by atoms with Gasteiger partial charge in [0.25, 0.3) is 0 Å². The normalized spacial score (nSPS) is 12.4. The van der Waals surface area contributed by atoms with Crippen LogP contribution in [0.2, 0.25) is 0 Å². The van der Waals surface area contributed by atoms with E-state index < -0.39 is 12.0 Å². The molecule has 0 fully saturated rings. The van der Waals surface area contributed by atoms with Gasteiger partial charge in [-0.05, 0) is 19.4 Å². The zero-order chi connectivity index (χ0) is 9.40. The number of nitrogens with two attached hydrogens (primary N) is 1. The average Bonchev–Trinajstić information content (AvgIpc) is 2.03. The maximum absolute atomic E-state index is 10.2. The van der Waals surface area contributed by atoms with E-state index in [-0.39, 0.29) is 0 Å². The fourth-order valence-corrected chi connectivity index (χ4v) is 0.731. The van der Waals surface area contributed by atoms with Crippen LogP contribution in [0.4, 0.5) is 0 Å². The van der Waals surface area contributed by atoms with Crippen LogP contribution in [-0.4, -0.2) is 36.5 Å². The van der Waals surface area contributed by atoms with Gasteiger partial charge < -0.3 is 21.0 Å². The van der Waals surface area contributed by atoms with E-state index in [1.807, 2.05) is 0 Å². The Labute approximate surface area is 70.9 Å². The molecule has 0 saturated heterocycles. The highest BCUT2D eigenvalue weighted by atomic mass is 16.4. The standard InChI is InChI=1S/C7H14N2O3/c8-6(7(11)12)2-1-3-9-4-5-10/h5-6,9H,1-4,8H2,(H,11,12). The molecule has 1 unspecified atom stereocenters. The minimum atomic E-state index is -0.981. The third kappa shape index (κ3) is 5.82. The summed E-state index contributed by atoms with van der Waals surface area (Å²) in [7, 11) is 0. The van der Waals surface area contributed by atoms with Gasteiger partial charge in [0.1, 0.15) is 12.3 Å². The second kappa shape index (κ2) is 6.75. The summed E-state index contributed by atoms with van der Waals surface area (Å²) in [6, 6.07) is -0.789. The third-order valence-corrected chi connectivity index (χ3v) is 1.41. The molecule has 0 spiro atoms. The molecule has 70 valence electrons. The van der Waals surface area contributed by atoms with Crippen molar-refractivity contribution in [3.8, 4) is 0 Å². The summed E-state index contributed by atoms with van der Waals surface area (Å²) >= 11 is 0. The smallest absolute Gasteiger partial charge is 0.320 e. The van der Waals surface area contributed by atoms with E-state index in [1.165, 1.54) is 0 Å². The molecule has 0 heterocycles. The second-order valence-electron chi connectivity index (χ2n) is 2.46. The molecule has 0 saturated carbocycles. The monoisotopic (exact) mass is 174 g/mol. The van der Waals surface area contributed by atoms with E-state index in [0.29, 0.717) is 25.9 Å². The number of hydrogen-bond donors (Lipinski definition) is 3. The van der Waals surface area contributed by atoms with Crippen LogP contribution in [0, 0.1) is 0 Å². The summed E-state index contributed by atoms with van der Waals surface area (Å²) in [5.41, 5.74) is 5.23. The minimum Gasteiger partial charge on any atom is -0.480 e. The lowest BCUT2D eigenvalue weighted by Gasteiger charge is -2.05. The lowest BCUT2D eigenvalue weighted by Crippen LogP contribution is -2.31. The van der Waals surface area contributed by atoms with Gasteiger partial charge in [-0.3, -0.25) is 4.79 Å². The molecule has 0 radical (unpaired) electrons. The van der Waals surface area contributed by atoms with Crippen LogP contribution in [0.15, 0.2) is 0 Å². The third-order valence-electron chi connectivity index (χ3n) is 1.41. The number of carboxylic acids is 1. The van der Waals surface area contributed by atoms with E-state index in [0.717, 1.165) is 6.29 Å². The minimum absolute atomic E-state index is 0.308. The van der Waals surface area contributed by atoms with Crippen LogP contribution in [0.25, 0.3) is 0 Å². The van der Waals surface area contributed by atoms with Crippen molar-refractivity contribution in [2.45, 2.75) is 18.9 Å². The van der Waals surface area contributed by atoms with E-state index in [2.05, 4.69) is 5.32 Å². The van der Waals surface area contributed by atoms with E-state index >= 15 is 0 Å². The van der Waals surface area contributed by atoms with Gasteiger partial charge in [0.05, 0.1) is 6.54 Å². The fraction of sp³-hybridized carbons (Fsp3) is 0.714. The summed E-state index contributed by atoms with van der Waals surface area (Å²) in [5.74, 6) is -0.981. The van der Waals surface area contributed by atoms with Crippen molar-refractivity contribution in [1.82, 2.24) is 5.32 Å². The molecular weight excluding hydrogens is 160 g/mol. The molecule has 0 aliphatic carbocycles. The van der Waals surface area contributed by atoms with Crippen LogP contribution in [-0.2, 0) is 9.59 Å². The molecule has 0 bridgehead atoms. The number of hydrogen-bond acceptors (Lipinski definition) is 4. The molecule has 0 aromatic carbocycles. The number of carbonyl (C=O) groups excluding carboxylic acids is 1. The van der Waals surface area contributed by atoms with Crippen LogP contribution >= 0.6 is 0 Å². The molecule has 0 amide bonds. The molecule has 0 aromatic rings. The molecular formula is C7H14N2O3. The van der Waals surface area contributed by atoms with Crippen molar-refractivity contribution < 1.29 is 14.7 Å². The van der Waals surface area contributed by atoms with Gasteiger partial charge in [-0.25, -0.2) is 0 Å². The van der Waals surface area contributed by atoms with Gasteiger partial charge >= 0.3 is 5.97 Å². The lowest BCUT2D eigenvalue weighted by atomic mass is 10.2. The zero-order valence-electron chi connectivity index (χ0n) is 6.82. The Kier molecular flexibility index (Phi) is 6.22. The number of rotatable bonds is 7. The van der Waals surface area contributed by atoms with Crippen LogP contribution in [0.5, 0.6) is 0 Å². The van der Waals surface area contributed by atoms with Gasteiger partial charge in [0.15, 0.2) is 0 Å². The highest BCUT2D eigenvalue weighted by Gasteiger charge is 2.09. The first-order chi connectivity index (χ1) is 5.68. The highest BCUT2D eigenvalue weighted by molar-refractivity contribution is 5.72. The number of nitrogens with one attached hydrogen (secondary N) is 1. The van der Waals surface area contributed by atoms with Crippen molar-refractivity contribution in [3.05, 3.63) is 0 Å². The molecule has 0 aliphatic rings. The molecule has 4 N–H and O–H groups in total. The number of carbonyl (C=O) groups is 2. The average molecular weight is 174 g/mol. The Hall–Kier alpha value is -0.940. The summed E-state index contributed by atoms with van der Waals surface area (Å²) < 4.78 is 0. The molecule has 1 atom stereocenters. The molecule has 12 heavy (non-hydrogen) atoms.